The zero-order valence-electron chi connectivity index (χ0n) is 18.7. The largest absolute Gasteiger partial charge is 0.481 e. The summed E-state index contributed by atoms with van der Waals surface area (Å²) in [5.74, 6) is -2.66. The number of nitrogens with one attached hydrogen (secondary N) is 2. The van der Waals surface area contributed by atoms with E-state index in [2.05, 4.69) is 10.1 Å². The highest BCUT2D eigenvalue weighted by molar-refractivity contribution is 7.52. The maximum absolute atomic E-state index is 13.5. The van der Waals surface area contributed by atoms with E-state index < -0.39 is 55.7 Å². The minimum atomic E-state index is -4.31. The molecule has 1 aliphatic rings. The number of aliphatic carboxylic acids is 2. The van der Waals surface area contributed by atoms with Gasteiger partial charge in [0.2, 0.25) is 0 Å². The lowest BCUT2D eigenvalue weighted by molar-refractivity contribution is -0.140. The number of carboxylic acids is 2. The zero-order chi connectivity index (χ0) is 25.6. The van der Waals surface area contributed by atoms with Crippen molar-refractivity contribution >= 4 is 19.7 Å². The molecule has 2 heterocycles. The fourth-order valence-corrected chi connectivity index (χ4v) is 5.15. The van der Waals surface area contributed by atoms with E-state index in [1.165, 1.54) is 29.0 Å². The molecular formula is C21H26N3O10P. The second-order valence-electron chi connectivity index (χ2n) is 8.03. The Morgan fingerprint density at radius 3 is 2.60 bits per heavy atom. The van der Waals surface area contributed by atoms with Gasteiger partial charge in [0.1, 0.15) is 18.0 Å². The van der Waals surface area contributed by atoms with Crippen LogP contribution in [-0.4, -0.2) is 50.5 Å². The molecule has 1 aromatic carbocycles. The number of para-hydroxylation sites is 1. The molecule has 0 saturated carbocycles. The van der Waals surface area contributed by atoms with Crippen LogP contribution in [0.4, 0.5) is 0 Å². The lowest BCUT2D eigenvalue weighted by atomic mass is 10.1. The molecule has 0 radical (unpaired) electrons. The summed E-state index contributed by atoms with van der Waals surface area (Å²) in [5, 5.41) is 20.7. The summed E-state index contributed by atoms with van der Waals surface area (Å²) in [6.45, 7) is 1.55. The highest BCUT2D eigenvalue weighted by atomic mass is 31.2. The molecular weight excluding hydrogens is 485 g/mol. The van der Waals surface area contributed by atoms with Crippen molar-refractivity contribution in [1.82, 2.24) is 14.6 Å². The number of benzene rings is 1. The predicted octanol–water partition coefficient (Wildman–Crippen LogP) is 1.57. The Balaban J connectivity index is 1.74. The highest BCUT2D eigenvalue weighted by Crippen LogP contribution is 2.46. The smallest absolute Gasteiger partial charge is 0.459 e. The topological polar surface area (TPSA) is 186 Å². The van der Waals surface area contributed by atoms with E-state index in [9.17, 15) is 28.8 Å². The van der Waals surface area contributed by atoms with Gasteiger partial charge >= 0.3 is 25.4 Å². The molecule has 1 aromatic heterocycles. The number of hydrogen-bond acceptors (Lipinski definition) is 8. The van der Waals surface area contributed by atoms with E-state index in [1.807, 2.05) is 6.92 Å². The molecule has 1 saturated heterocycles. The van der Waals surface area contributed by atoms with Crippen molar-refractivity contribution in [2.45, 2.75) is 44.6 Å². The summed E-state index contributed by atoms with van der Waals surface area (Å²) < 4.78 is 31.6. The lowest BCUT2D eigenvalue weighted by Crippen LogP contribution is -2.37. The van der Waals surface area contributed by atoms with Gasteiger partial charge in [-0.05, 0) is 25.0 Å². The van der Waals surface area contributed by atoms with Gasteiger partial charge < -0.3 is 19.5 Å². The molecule has 3 rings (SSSR count). The third kappa shape index (κ3) is 7.36. The van der Waals surface area contributed by atoms with Gasteiger partial charge in [-0.1, -0.05) is 25.1 Å². The van der Waals surface area contributed by atoms with Crippen molar-refractivity contribution in [2.75, 3.05) is 6.61 Å². The molecule has 35 heavy (non-hydrogen) atoms. The van der Waals surface area contributed by atoms with Gasteiger partial charge in [-0.3, -0.25) is 28.5 Å². The molecule has 2 unspecified atom stereocenters. The zero-order valence-corrected chi connectivity index (χ0v) is 19.6. The van der Waals surface area contributed by atoms with E-state index in [4.69, 9.17) is 18.9 Å². The van der Waals surface area contributed by atoms with E-state index in [-0.39, 0.29) is 24.7 Å². The van der Waals surface area contributed by atoms with E-state index >= 15 is 0 Å². The van der Waals surface area contributed by atoms with E-state index in [0.717, 1.165) is 0 Å². The summed E-state index contributed by atoms with van der Waals surface area (Å²) >= 11 is 0. The second-order valence-corrected chi connectivity index (χ2v) is 9.72. The van der Waals surface area contributed by atoms with Gasteiger partial charge in [0.15, 0.2) is 0 Å². The fraction of sp³-hybridized carbons (Fsp3) is 0.429. The number of rotatable bonds is 12. The molecule has 4 N–H and O–H groups in total. The normalized spacial score (nSPS) is 22.3. The van der Waals surface area contributed by atoms with Gasteiger partial charge in [0, 0.05) is 24.6 Å². The SMILES string of the molecule is C[C@H]1C[C@@H](COP(=O)(N[C@@H](CCC(=O)O)C(=O)O)Oc2ccccc2)OC1n1ccc(=O)[nH]c1=O. The number of carbonyl (C=O) groups is 2. The van der Waals surface area contributed by atoms with Crippen molar-refractivity contribution in [3.63, 3.8) is 0 Å². The lowest BCUT2D eigenvalue weighted by Gasteiger charge is -2.24. The van der Waals surface area contributed by atoms with Crippen LogP contribution in [0, 0.1) is 5.92 Å². The molecule has 2 aromatic rings. The number of H-pyrrole nitrogens is 1. The minimum absolute atomic E-state index is 0.143. The standard InChI is InChI=1S/C21H26N3O10P/c1-13-11-15(33-19(13)24-10-9-17(25)22-21(24)30)12-32-35(31,34-14-5-3-2-4-6-14)23-16(20(28)29)7-8-18(26)27/h2-6,9-10,13,15-16,19H,7-8,11-12H2,1H3,(H,23,31)(H,26,27)(H,28,29)(H,22,25,30)/t13-,15-,16-,19?,35?/m0/s1. The number of ether oxygens (including phenoxy) is 1. The number of nitrogens with zero attached hydrogens (tertiary/aromatic N) is 1. The van der Waals surface area contributed by atoms with Crippen molar-refractivity contribution < 1.29 is 38.2 Å². The van der Waals surface area contributed by atoms with Crippen LogP contribution in [0.15, 0.2) is 52.2 Å². The first-order valence-electron chi connectivity index (χ1n) is 10.7. The number of carboxylic acid groups (broad SMARTS) is 2. The quantitative estimate of drug-likeness (QED) is 0.303. The Hall–Kier alpha value is -3.25. The monoisotopic (exact) mass is 511 g/mol. The van der Waals surface area contributed by atoms with E-state index in [1.54, 1.807) is 18.2 Å². The summed E-state index contributed by atoms with van der Waals surface area (Å²) in [6, 6.07) is 7.60. The third-order valence-electron chi connectivity index (χ3n) is 5.24. The molecule has 0 aliphatic carbocycles. The maximum Gasteiger partial charge on any atom is 0.459 e. The average molecular weight is 511 g/mol. The van der Waals surface area contributed by atoms with Crippen LogP contribution in [0.3, 0.4) is 0 Å². The third-order valence-corrected chi connectivity index (χ3v) is 6.80. The maximum atomic E-state index is 13.5. The van der Waals surface area contributed by atoms with Crippen LogP contribution in [0.25, 0.3) is 0 Å². The average Bonchev–Trinajstić information content (AvgIpc) is 3.16. The second kappa shape index (κ2) is 11.5. The van der Waals surface area contributed by atoms with Crippen LogP contribution < -0.4 is 20.9 Å². The van der Waals surface area contributed by atoms with Gasteiger partial charge in [0.05, 0.1) is 12.7 Å². The van der Waals surface area contributed by atoms with E-state index in [0.29, 0.717) is 6.42 Å². The van der Waals surface area contributed by atoms with Crippen LogP contribution in [-0.2, 0) is 23.4 Å². The van der Waals surface area contributed by atoms with Crippen molar-refractivity contribution in [1.29, 1.82) is 0 Å². The fourth-order valence-electron chi connectivity index (χ4n) is 3.59. The van der Waals surface area contributed by atoms with Gasteiger partial charge in [-0.25, -0.2) is 9.36 Å². The Morgan fingerprint density at radius 2 is 1.97 bits per heavy atom. The van der Waals surface area contributed by atoms with Crippen LogP contribution in [0.5, 0.6) is 5.75 Å². The van der Waals surface area contributed by atoms with Crippen molar-refractivity contribution in [3.05, 3.63) is 63.4 Å². The molecule has 0 spiro atoms. The molecule has 190 valence electrons. The molecule has 14 heteroatoms. The number of aromatic nitrogens is 2. The molecule has 5 atom stereocenters. The molecule has 1 fully saturated rings. The minimum Gasteiger partial charge on any atom is -0.481 e. The Morgan fingerprint density at radius 1 is 1.26 bits per heavy atom. The number of hydrogen-bond donors (Lipinski definition) is 4. The highest BCUT2D eigenvalue weighted by Gasteiger charge is 2.38. The molecule has 0 bridgehead atoms. The summed E-state index contributed by atoms with van der Waals surface area (Å²) in [6.07, 6.45) is -0.457. The first kappa shape index (κ1) is 26.4. The van der Waals surface area contributed by atoms with Crippen LogP contribution in [0.2, 0.25) is 0 Å². The molecule has 1 aliphatic heterocycles. The predicted molar refractivity (Wildman–Crippen MR) is 121 cm³/mol. The molecule has 13 nitrogen and oxygen atoms in total. The summed E-state index contributed by atoms with van der Waals surface area (Å²) in [7, 11) is -4.31. The van der Waals surface area contributed by atoms with Gasteiger partial charge in [-0.15, -0.1) is 0 Å². The Kier molecular flexibility index (Phi) is 8.62. The Labute approximate surface area is 199 Å². The number of aromatic amines is 1. The van der Waals surface area contributed by atoms with Crippen molar-refractivity contribution in [2.24, 2.45) is 5.92 Å². The Bertz CT molecular complexity index is 1200. The van der Waals surface area contributed by atoms with Gasteiger partial charge in [0.25, 0.3) is 5.56 Å². The summed E-state index contributed by atoms with van der Waals surface area (Å²) in [5.41, 5.74) is -1.18. The molecule has 0 amide bonds. The summed E-state index contributed by atoms with van der Waals surface area (Å²) in [4.78, 5) is 48.1. The first-order chi connectivity index (χ1) is 16.6. The van der Waals surface area contributed by atoms with Crippen LogP contribution >= 0.6 is 7.75 Å². The van der Waals surface area contributed by atoms with Crippen LogP contribution in [0.1, 0.15) is 32.4 Å². The van der Waals surface area contributed by atoms with Gasteiger partial charge in [-0.2, -0.15) is 5.09 Å². The van der Waals surface area contributed by atoms with Crippen molar-refractivity contribution in [3.8, 4) is 5.75 Å². The first-order valence-corrected chi connectivity index (χ1v) is 12.3.